The first-order valence-electron chi connectivity index (χ1n) is 10.7. The third-order valence-corrected chi connectivity index (χ3v) is 4.83. The zero-order chi connectivity index (χ0) is 26.0. The minimum Gasteiger partial charge on any atom is -0.489 e. The summed E-state index contributed by atoms with van der Waals surface area (Å²) in [5.74, 6) is -0.534. The highest BCUT2D eigenvalue weighted by Gasteiger charge is 2.38. The highest BCUT2D eigenvalue weighted by Crippen LogP contribution is 2.26. The van der Waals surface area contributed by atoms with Crippen LogP contribution in [0.4, 0.5) is 13.2 Å². The number of alkyl halides is 3. The van der Waals surface area contributed by atoms with Crippen molar-refractivity contribution in [2.45, 2.75) is 19.4 Å². The number of hydrogen-bond acceptors (Lipinski definition) is 7. The molecule has 0 saturated heterocycles. The Bertz CT molecular complexity index is 1230. The highest BCUT2D eigenvalue weighted by atomic mass is 19.4. The van der Waals surface area contributed by atoms with E-state index in [0.717, 1.165) is 5.56 Å². The van der Waals surface area contributed by atoms with Gasteiger partial charge in [-0.05, 0) is 17.7 Å². The molecule has 0 unspecified atom stereocenters. The summed E-state index contributed by atoms with van der Waals surface area (Å²) in [6.07, 6.45) is -4.80. The molecule has 7 nitrogen and oxygen atoms in total. The van der Waals surface area contributed by atoms with Crippen molar-refractivity contribution in [2.24, 2.45) is 10.3 Å². The van der Waals surface area contributed by atoms with E-state index in [1.54, 1.807) is 24.3 Å². The number of benzene rings is 3. The molecular weight excluding hydrogens is 477 g/mol. The van der Waals surface area contributed by atoms with Crippen LogP contribution in [-0.2, 0) is 32.4 Å². The van der Waals surface area contributed by atoms with Crippen molar-refractivity contribution in [3.05, 3.63) is 101 Å². The molecule has 0 N–H and O–H groups in total. The third kappa shape index (κ3) is 7.08. The molecule has 3 aromatic rings. The Morgan fingerprint density at radius 2 is 1.58 bits per heavy atom. The molecule has 0 heterocycles. The number of halogens is 3. The molecule has 0 saturated carbocycles. The number of ether oxygens (including phenoxy) is 2. The number of carbonyl (C=O) groups is 1. The number of methoxy groups -OCH3 is 1. The van der Waals surface area contributed by atoms with E-state index in [2.05, 4.69) is 10.3 Å². The molecule has 0 aromatic heterocycles. The van der Waals surface area contributed by atoms with Crippen LogP contribution in [0.25, 0.3) is 0 Å². The molecule has 0 bridgehead atoms. The van der Waals surface area contributed by atoms with Crippen molar-refractivity contribution in [1.82, 2.24) is 0 Å². The Labute approximate surface area is 205 Å². The largest absolute Gasteiger partial charge is 0.489 e. The second-order valence-corrected chi connectivity index (χ2v) is 7.28. The van der Waals surface area contributed by atoms with Crippen LogP contribution in [0.1, 0.15) is 22.3 Å². The number of nitrogens with zero attached hydrogens (tertiary/aromatic N) is 2. The van der Waals surface area contributed by atoms with E-state index in [1.807, 2.05) is 30.3 Å². The summed E-state index contributed by atoms with van der Waals surface area (Å²) < 4.78 is 51.8. The zero-order valence-electron chi connectivity index (χ0n) is 19.5. The van der Waals surface area contributed by atoms with Crippen LogP contribution in [0.2, 0.25) is 0 Å². The van der Waals surface area contributed by atoms with E-state index in [4.69, 9.17) is 19.1 Å². The van der Waals surface area contributed by atoms with Crippen LogP contribution >= 0.6 is 0 Å². The lowest BCUT2D eigenvalue weighted by Gasteiger charge is -2.13. The number of carbonyl (C=O) groups excluding carboxylic acids is 1. The minimum absolute atomic E-state index is 0.164. The van der Waals surface area contributed by atoms with E-state index >= 15 is 0 Å². The highest BCUT2D eigenvalue weighted by molar-refractivity contribution is 6.43. The maximum Gasteiger partial charge on any atom is 0.437 e. The van der Waals surface area contributed by atoms with Crippen molar-refractivity contribution < 1.29 is 37.1 Å². The van der Waals surface area contributed by atoms with E-state index in [0.29, 0.717) is 5.56 Å². The van der Waals surface area contributed by atoms with E-state index in [9.17, 15) is 18.0 Å². The van der Waals surface area contributed by atoms with Gasteiger partial charge in [-0.15, -0.1) is 0 Å². The molecule has 3 rings (SSSR count). The molecule has 0 spiro atoms. The van der Waals surface area contributed by atoms with Gasteiger partial charge in [0, 0.05) is 16.7 Å². The first-order chi connectivity index (χ1) is 17.3. The Kier molecular flexibility index (Phi) is 9.04. The molecule has 0 amide bonds. The normalized spacial score (nSPS) is 12.1. The smallest absolute Gasteiger partial charge is 0.437 e. The number of esters is 1. The lowest BCUT2D eigenvalue weighted by atomic mass is 10.0. The predicted molar refractivity (Wildman–Crippen MR) is 127 cm³/mol. The van der Waals surface area contributed by atoms with Crippen molar-refractivity contribution in [3.63, 3.8) is 0 Å². The van der Waals surface area contributed by atoms with Crippen molar-refractivity contribution in [1.29, 1.82) is 0 Å². The van der Waals surface area contributed by atoms with Gasteiger partial charge < -0.3 is 19.1 Å². The average molecular weight is 500 g/mol. The fraction of sp³-hybridized carbons (Fsp3) is 0.192. The van der Waals surface area contributed by atoms with Gasteiger partial charge in [-0.2, -0.15) is 13.2 Å². The van der Waals surface area contributed by atoms with Crippen LogP contribution in [0.5, 0.6) is 5.75 Å². The maximum absolute atomic E-state index is 13.8. The summed E-state index contributed by atoms with van der Waals surface area (Å²) in [5, 5.41) is 7.04. The van der Waals surface area contributed by atoms with Gasteiger partial charge in [0.1, 0.15) is 26.1 Å². The molecule has 0 aliphatic heterocycles. The van der Waals surface area contributed by atoms with Crippen molar-refractivity contribution in [3.8, 4) is 5.75 Å². The summed E-state index contributed by atoms with van der Waals surface area (Å²) in [5.41, 5.74) is -0.128. The van der Waals surface area contributed by atoms with Gasteiger partial charge in [0.2, 0.25) is 0 Å². The summed E-state index contributed by atoms with van der Waals surface area (Å²) in [7, 11) is 2.42. The van der Waals surface area contributed by atoms with E-state index < -0.39 is 17.9 Å². The molecular formula is C26H23F3N2O5. The number of oxime groups is 2. The number of rotatable bonds is 10. The molecule has 0 aliphatic rings. The second-order valence-electron chi connectivity index (χ2n) is 7.28. The molecule has 0 fully saturated rings. The maximum atomic E-state index is 13.8. The van der Waals surface area contributed by atoms with Gasteiger partial charge in [-0.3, -0.25) is 0 Å². The van der Waals surface area contributed by atoms with Gasteiger partial charge >= 0.3 is 12.1 Å². The van der Waals surface area contributed by atoms with Crippen molar-refractivity contribution >= 4 is 17.4 Å². The first-order valence-corrected chi connectivity index (χ1v) is 10.7. The third-order valence-electron chi connectivity index (χ3n) is 4.83. The first kappa shape index (κ1) is 26.3. The topological polar surface area (TPSA) is 78.7 Å². The standard InChI is InChI=1S/C26H23F3N2O5/c1-33-25(32)23(30-34-2)22-14-7-6-11-20(22)17-36-31-24(26(27,28)29)19-12-8-13-21(15-19)35-16-18-9-4-3-5-10-18/h3-15H,16-17H2,1-2H3/b30-23+,31-24?. The lowest BCUT2D eigenvalue weighted by molar-refractivity contribution is -0.132. The molecule has 0 atom stereocenters. The van der Waals surface area contributed by atoms with Gasteiger partial charge in [-0.1, -0.05) is 77.0 Å². The quantitative estimate of drug-likeness (QED) is 0.215. The average Bonchev–Trinajstić information content (AvgIpc) is 2.88. The molecule has 0 aliphatic carbocycles. The van der Waals surface area contributed by atoms with Gasteiger partial charge in [0.15, 0.2) is 11.4 Å². The van der Waals surface area contributed by atoms with Crippen LogP contribution in [-0.4, -0.2) is 37.8 Å². The second kappa shape index (κ2) is 12.4. The van der Waals surface area contributed by atoms with E-state index in [1.165, 1.54) is 38.5 Å². The summed E-state index contributed by atoms with van der Waals surface area (Å²) in [4.78, 5) is 21.9. The molecule has 36 heavy (non-hydrogen) atoms. The zero-order valence-corrected chi connectivity index (χ0v) is 19.5. The Balaban J connectivity index is 1.82. The Hall–Kier alpha value is -4.34. The Morgan fingerprint density at radius 1 is 0.861 bits per heavy atom. The van der Waals surface area contributed by atoms with Gasteiger partial charge in [0.25, 0.3) is 0 Å². The SMILES string of the molecule is CO/N=C(/C(=O)OC)c1ccccc1CON=C(c1cccc(OCc2ccccc2)c1)C(F)(F)F. The van der Waals surface area contributed by atoms with Crippen LogP contribution < -0.4 is 4.74 Å². The molecule has 3 aromatic carbocycles. The van der Waals surface area contributed by atoms with E-state index in [-0.39, 0.29) is 35.8 Å². The molecule has 188 valence electrons. The number of hydrogen-bond donors (Lipinski definition) is 0. The molecule has 10 heteroatoms. The summed E-state index contributed by atoms with van der Waals surface area (Å²) in [6.45, 7) is -0.179. The summed E-state index contributed by atoms with van der Waals surface area (Å²) >= 11 is 0. The lowest BCUT2D eigenvalue weighted by Crippen LogP contribution is -2.24. The Morgan fingerprint density at radius 3 is 2.28 bits per heavy atom. The van der Waals surface area contributed by atoms with Crippen LogP contribution in [0.3, 0.4) is 0 Å². The van der Waals surface area contributed by atoms with Crippen LogP contribution in [0, 0.1) is 0 Å². The van der Waals surface area contributed by atoms with Crippen LogP contribution in [0.15, 0.2) is 89.2 Å². The monoisotopic (exact) mass is 500 g/mol. The fourth-order valence-corrected chi connectivity index (χ4v) is 3.17. The molecule has 0 radical (unpaired) electrons. The summed E-state index contributed by atoms with van der Waals surface area (Å²) in [6, 6.07) is 21.1. The fourth-order valence-electron chi connectivity index (χ4n) is 3.17. The van der Waals surface area contributed by atoms with Gasteiger partial charge in [-0.25, -0.2) is 4.79 Å². The van der Waals surface area contributed by atoms with Gasteiger partial charge in [0.05, 0.1) is 7.11 Å². The predicted octanol–water partition coefficient (Wildman–Crippen LogP) is 5.27. The minimum atomic E-state index is -4.80. The van der Waals surface area contributed by atoms with Crippen molar-refractivity contribution in [2.75, 3.05) is 14.2 Å².